The largest absolute Gasteiger partial charge is 0.481 e. The van der Waals surface area contributed by atoms with Gasteiger partial charge in [-0.2, -0.15) is 0 Å². The fraction of sp³-hybridized carbons (Fsp3) is 0.941. The SMILES string of the molecule is CC1CCCC(CN2C3CCC2CC(CC(=O)O)C3)C1. The van der Waals surface area contributed by atoms with Crippen LogP contribution in [0.4, 0.5) is 0 Å². The summed E-state index contributed by atoms with van der Waals surface area (Å²) in [6, 6.07) is 1.38. The Morgan fingerprint density at radius 2 is 1.75 bits per heavy atom. The minimum Gasteiger partial charge on any atom is -0.481 e. The molecule has 4 unspecified atom stereocenters. The highest BCUT2D eigenvalue weighted by Crippen LogP contribution is 2.41. The third-order valence-electron chi connectivity index (χ3n) is 5.96. The standard InChI is InChI=1S/C17H29NO2/c1-12-3-2-4-13(7-12)11-18-15-5-6-16(18)9-14(8-15)10-17(19)20/h12-16H,2-11H2,1H3,(H,19,20). The Kier molecular flexibility index (Phi) is 4.34. The Morgan fingerprint density at radius 1 is 1.05 bits per heavy atom. The molecule has 0 aromatic carbocycles. The van der Waals surface area contributed by atoms with Gasteiger partial charge in [-0.1, -0.05) is 19.8 Å². The highest BCUT2D eigenvalue weighted by atomic mass is 16.4. The first-order chi connectivity index (χ1) is 9.61. The van der Waals surface area contributed by atoms with Crippen LogP contribution in [0.3, 0.4) is 0 Å². The molecule has 2 aliphatic heterocycles. The van der Waals surface area contributed by atoms with Crippen molar-refractivity contribution in [2.24, 2.45) is 17.8 Å². The van der Waals surface area contributed by atoms with E-state index < -0.39 is 5.97 Å². The van der Waals surface area contributed by atoms with Crippen molar-refractivity contribution in [2.75, 3.05) is 6.54 Å². The molecular weight excluding hydrogens is 250 g/mol. The van der Waals surface area contributed by atoms with Crippen molar-refractivity contribution in [3.8, 4) is 0 Å². The van der Waals surface area contributed by atoms with Gasteiger partial charge in [-0.25, -0.2) is 0 Å². The predicted molar refractivity (Wildman–Crippen MR) is 79.6 cm³/mol. The number of aliphatic carboxylic acids is 1. The fourth-order valence-corrected chi connectivity index (χ4v) is 5.12. The number of carbonyl (C=O) groups is 1. The van der Waals surface area contributed by atoms with Crippen LogP contribution in [0.15, 0.2) is 0 Å². The molecule has 3 aliphatic rings. The number of carboxylic acid groups (broad SMARTS) is 1. The zero-order chi connectivity index (χ0) is 14.1. The van der Waals surface area contributed by atoms with Crippen molar-refractivity contribution in [3.05, 3.63) is 0 Å². The minimum absolute atomic E-state index is 0.390. The van der Waals surface area contributed by atoms with Crippen molar-refractivity contribution in [1.82, 2.24) is 4.90 Å². The second-order valence-corrected chi connectivity index (χ2v) is 7.65. The second-order valence-electron chi connectivity index (χ2n) is 7.65. The third kappa shape index (κ3) is 3.19. The van der Waals surface area contributed by atoms with E-state index in [0.29, 0.717) is 24.4 Å². The van der Waals surface area contributed by atoms with Crippen molar-refractivity contribution in [1.29, 1.82) is 0 Å². The summed E-state index contributed by atoms with van der Waals surface area (Å²) in [6.45, 7) is 3.69. The van der Waals surface area contributed by atoms with Gasteiger partial charge < -0.3 is 5.11 Å². The van der Waals surface area contributed by atoms with Gasteiger partial charge in [-0.05, 0) is 56.3 Å². The van der Waals surface area contributed by atoms with E-state index in [2.05, 4.69) is 11.8 Å². The summed E-state index contributed by atoms with van der Waals surface area (Å²) in [5.74, 6) is 1.64. The van der Waals surface area contributed by atoms with E-state index in [0.717, 1.165) is 24.7 Å². The molecule has 0 amide bonds. The molecule has 20 heavy (non-hydrogen) atoms. The summed E-state index contributed by atoms with van der Waals surface area (Å²) >= 11 is 0. The van der Waals surface area contributed by atoms with Crippen LogP contribution in [-0.4, -0.2) is 34.6 Å². The summed E-state index contributed by atoms with van der Waals surface area (Å²) in [7, 11) is 0. The molecular formula is C17H29NO2. The third-order valence-corrected chi connectivity index (χ3v) is 5.96. The average molecular weight is 279 g/mol. The van der Waals surface area contributed by atoms with Crippen LogP contribution in [0, 0.1) is 17.8 Å². The summed E-state index contributed by atoms with van der Waals surface area (Å²) in [5.41, 5.74) is 0. The number of rotatable bonds is 4. The van der Waals surface area contributed by atoms with E-state index in [4.69, 9.17) is 5.11 Å². The molecule has 114 valence electrons. The van der Waals surface area contributed by atoms with E-state index in [1.165, 1.54) is 45.1 Å². The Balaban J connectivity index is 1.55. The summed E-state index contributed by atoms with van der Waals surface area (Å²) in [5, 5.41) is 9.00. The molecule has 0 radical (unpaired) electrons. The lowest BCUT2D eigenvalue weighted by Crippen LogP contribution is -2.46. The van der Waals surface area contributed by atoms with Gasteiger partial charge in [0.25, 0.3) is 0 Å². The molecule has 0 spiro atoms. The van der Waals surface area contributed by atoms with E-state index in [-0.39, 0.29) is 0 Å². The number of fused-ring (bicyclic) bond motifs is 2. The van der Waals surface area contributed by atoms with Crippen molar-refractivity contribution >= 4 is 5.97 Å². The molecule has 0 aromatic rings. The summed E-state index contributed by atoms with van der Waals surface area (Å²) in [6.07, 6.45) is 10.9. The lowest BCUT2D eigenvalue weighted by atomic mass is 9.81. The first-order valence-corrected chi connectivity index (χ1v) is 8.59. The molecule has 1 saturated carbocycles. The molecule has 2 bridgehead atoms. The molecule has 0 aromatic heterocycles. The van der Waals surface area contributed by atoms with Gasteiger partial charge in [0.05, 0.1) is 0 Å². The highest BCUT2D eigenvalue weighted by molar-refractivity contribution is 5.67. The van der Waals surface area contributed by atoms with Gasteiger partial charge in [0.15, 0.2) is 0 Å². The van der Waals surface area contributed by atoms with Crippen molar-refractivity contribution in [2.45, 2.75) is 76.8 Å². The smallest absolute Gasteiger partial charge is 0.303 e. The number of carboxylic acids is 1. The second kappa shape index (κ2) is 6.05. The number of hydrogen-bond donors (Lipinski definition) is 1. The van der Waals surface area contributed by atoms with Gasteiger partial charge in [-0.3, -0.25) is 9.69 Å². The maximum atomic E-state index is 10.9. The maximum Gasteiger partial charge on any atom is 0.303 e. The number of hydrogen-bond acceptors (Lipinski definition) is 2. The normalized spacial score (nSPS) is 41.8. The first kappa shape index (κ1) is 14.4. The van der Waals surface area contributed by atoms with Crippen LogP contribution in [0.5, 0.6) is 0 Å². The van der Waals surface area contributed by atoms with Gasteiger partial charge >= 0.3 is 5.97 Å². The Bertz CT molecular complexity index is 343. The fourth-order valence-electron chi connectivity index (χ4n) is 5.12. The van der Waals surface area contributed by atoms with Gasteiger partial charge in [0, 0.05) is 25.0 Å². The molecule has 1 aliphatic carbocycles. The quantitative estimate of drug-likeness (QED) is 0.856. The topological polar surface area (TPSA) is 40.5 Å². The van der Waals surface area contributed by atoms with E-state index in [1.807, 2.05) is 0 Å². The lowest BCUT2D eigenvalue weighted by Gasteiger charge is -2.41. The molecule has 2 heterocycles. The van der Waals surface area contributed by atoms with E-state index >= 15 is 0 Å². The summed E-state index contributed by atoms with van der Waals surface area (Å²) in [4.78, 5) is 13.7. The minimum atomic E-state index is -0.607. The van der Waals surface area contributed by atoms with Crippen LogP contribution in [0.1, 0.15) is 64.7 Å². The van der Waals surface area contributed by atoms with Gasteiger partial charge in [0.2, 0.25) is 0 Å². The molecule has 3 heteroatoms. The maximum absolute atomic E-state index is 10.9. The monoisotopic (exact) mass is 279 g/mol. The molecule has 2 saturated heterocycles. The van der Waals surface area contributed by atoms with Crippen molar-refractivity contribution in [3.63, 3.8) is 0 Å². The molecule has 3 rings (SSSR count). The van der Waals surface area contributed by atoms with E-state index in [9.17, 15) is 4.79 Å². The first-order valence-electron chi connectivity index (χ1n) is 8.59. The van der Waals surface area contributed by atoms with Gasteiger partial charge in [0.1, 0.15) is 0 Å². The summed E-state index contributed by atoms with van der Waals surface area (Å²) < 4.78 is 0. The Hall–Kier alpha value is -0.570. The molecule has 3 fully saturated rings. The zero-order valence-electron chi connectivity index (χ0n) is 12.8. The zero-order valence-corrected chi connectivity index (χ0v) is 12.8. The predicted octanol–water partition coefficient (Wildman–Crippen LogP) is 3.53. The van der Waals surface area contributed by atoms with Crippen LogP contribution < -0.4 is 0 Å². The van der Waals surface area contributed by atoms with E-state index in [1.54, 1.807) is 0 Å². The van der Waals surface area contributed by atoms with Crippen LogP contribution in [-0.2, 0) is 4.79 Å². The molecule has 1 N–H and O–H groups in total. The average Bonchev–Trinajstić information content (AvgIpc) is 2.61. The Labute approximate surface area is 122 Å². The molecule has 4 atom stereocenters. The number of nitrogens with zero attached hydrogens (tertiary/aromatic N) is 1. The lowest BCUT2D eigenvalue weighted by molar-refractivity contribution is -0.138. The van der Waals surface area contributed by atoms with Crippen LogP contribution in [0.2, 0.25) is 0 Å². The molecule has 3 nitrogen and oxygen atoms in total. The van der Waals surface area contributed by atoms with Crippen molar-refractivity contribution < 1.29 is 9.90 Å². The highest BCUT2D eigenvalue weighted by Gasteiger charge is 2.41. The van der Waals surface area contributed by atoms with Crippen LogP contribution in [0.25, 0.3) is 0 Å². The Morgan fingerprint density at radius 3 is 2.35 bits per heavy atom. The number of piperidine rings is 1. The van der Waals surface area contributed by atoms with Gasteiger partial charge in [-0.15, -0.1) is 0 Å². The van der Waals surface area contributed by atoms with Crippen LogP contribution >= 0.6 is 0 Å².